The first-order valence-corrected chi connectivity index (χ1v) is 9.64. The van der Waals surface area contributed by atoms with Crippen molar-refractivity contribution in [2.45, 2.75) is 26.3 Å². The largest absolute Gasteiger partial charge is 0.350 e. The maximum absolute atomic E-state index is 12.7. The van der Waals surface area contributed by atoms with Crippen molar-refractivity contribution in [3.05, 3.63) is 54.5 Å². The van der Waals surface area contributed by atoms with E-state index in [4.69, 9.17) is 7.85 Å². The number of amides is 2. The molecular weight excluding hydrogens is 365 g/mol. The Morgan fingerprint density at radius 1 is 1.28 bits per heavy atom. The molecule has 2 radical (unpaired) electrons. The summed E-state index contributed by atoms with van der Waals surface area (Å²) in [6, 6.07) is 8.70. The fraction of sp³-hybridized carbons (Fsp3) is 0.333. The van der Waals surface area contributed by atoms with Gasteiger partial charge in [-0.25, -0.2) is 9.97 Å². The van der Waals surface area contributed by atoms with Crippen LogP contribution in [0.25, 0.3) is 0 Å². The summed E-state index contributed by atoms with van der Waals surface area (Å²) in [4.78, 5) is 37.5. The molecular formula is C21H24BN5O2. The van der Waals surface area contributed by atoms with E-state index < -0.39 is 0 Å². The molecule has 0 spiro atoms. The molecule has 1 atom stereocenters. The van der Waals surface area contributed by atoms with Crippen molar-refractivity contribution in [1.29, 1.82) is 0 Å². The molecule has 2 amide bonds. The molecule has 7 nitrogen and oxygen atoms in total. The van der Waals surface area contributed by atoms with E-state index in [1.807, 2.05) is 13.8 Å². The van der Waals surface area contributed by atoms with Crippen molar-refractivity contribution in [3.8, 4) is 0 Å². The van der Waals surface area contributed by atoms with Gasteiger partial charge in [0.15, 0.2) is 0 Å². The van der Waals surface area contributed by atoms with Crippen LogP contribution in [0.15, 0.2) is 43.0 Å². The van der Waals surface area contributed by atoms with Crippen LogP contribution in [0.1, 0.15) is 30.2 Å². The lowest BCUT2D eigenvalue weighted by molar-refractivity contribution is -0.126. The lowest BCUT2D eigenvalue weighted by atomic mass is 9.96. The van der Waals surface area contributed by atoms with Gasteiger partial charge in [0.2, 0.25) is 5.91 Å². The van der Waals surface area contributed by atoms with Gasteiger partial charge in [-0.3, -0.25) is 9.59 Å². The Kier molecular flexibility index (Phi) is 6.31. The van der Waals surface area contributed by atoms with Gasteiger partial charge in [0.05, 0.1) is 0 Å². The topological polar surface area (TPSA) is 78.4 Å². The van der Waals surface area contributed by atoms with Gasteiger partial charge in [-0.05, 0) is 25.1 Å². The van der Waals surface area contributed by atoms with Crippen LogP contribution in [0.5, 0.6) is 0 Å². The number of anilines is 2. The Labute approximate surface area is 172 Å². The van der Waals surface area contributed by atoms with Crippen molar-refractivity contribution < 1.29 is 9.59 Å². The van der Waals surface area contributed by atoms with E-state index in [0.29, 0.717) is 54.5 Å². The highest BCUT2D eigenvalue weighted by atomic mass is 16.2. The Bertz CT molecular complexity index is 916. The number of piperazine rings is 1. The van der Waals surface area contributed by atoms with Crippen LogP contribution < -0.4 is 15.7 Å². The second-order valence-corrected chi connectivity index (χ2v) is 6.99. The highest BCUT2D eigenvalue weighted by Gasteiger charge is 2.27. The second-order valence-electron chi connectivity index (χ2n) is 6.99. The SMILES string of the molecule is [B]c1ccc(NC(=O)c2cc(N3CCN(C(=O)C=C)CC3C)nc(CC)n2)cc1. The summed E-state index contributed by atoms with van der Waals surface area (Å²) in [6.07, 6.45) is 1.95. The maximum Gasteiger partial charge on any atom is 0.274 e. The number of hydrogen-bond donors (Lipinski definition) is 1. The van der Waals surface area contributed by atoms with Gasteiger partial charge in [0.25, 0.3) is 5.91 Å². The minimum atomic E-state index is -0.304. The zero-order valence-electron chi connectivity index (χ0n) is 16.8. The fourth-order valence-corrected chi connectivity index (χ4v) is 3.29. The first-order valence-electron chi connectivity index (χ1n) is 9.64. The summed E-state index contributed by atoms with van der Waals surface area (Å²) >= 11 is 0. The Hall–Kier alpha value is -3.16. The first kappa shape index (κ1) is 20.6. The Morgan fingerprint density at radius 2 is 2.00 bits per heavy atom. The predicted octanol–water partition coefficient (Wildman–Crippen LogP) is 1.31. The summed E-state index contributed by atoms with van der Waals surface area (Å²) < 4.78 is 0. The van der Waals surface area contributed by atoms with Gasteiger partial charge < -0.3 is 15.1 Å². The van der Waals surface area contributed by atoms with Crippen molar-refractivity contribution in [3.63, 3.8) is 0 Å². The molecule has 8 heteroatoms. The van der Waals surface area contributed by atoms with Crippen LogP contribution in [-0.4, -0.2) is 60.2 Å². The zero-order chi connectivity index (χ0) is 21.0. The van der Waals surface area contributed by atoms with Gasteiger partial charge in [-0.1, -0.05) is 31.1 Å². The number of nitrogens with zero attached hydrogens (tertiary/aromatic N) is 4. The highest BCUT2D eigenvalue weighted by Crippen LogP contribution is 2.21. The number of aromatic nitrogens is 2. The lowest BCUT2D eigenvalue weighted by Gasteiger charge is -2.40. The number of nitrogens with one attached hydrogen (secondary N) is 1. The Morgan fingerprint density at radius 3 is 2.62 bits per heavy atom. The number of aryl methyl sites for hydroxylation is 1. The van der Waals surface area contributed by atoms with Crippen LogP contribution in [-0.2, 0) is 11.2 Å². The number of rotatable bonds is 5. The molecule has 1 aliphatic rings. The van der Waals surface area contributed by atoms with Crippen LogP contribution in [0.4, 0.5) is 11.5 Å². The molecule has 2 heterocycles. The summed E-state index contributed by atoms with van der Waals surface area (Å²) in [5.41, 5.74) is 1.58. The standard InChI is InChI=1S/C21H24BN5O2/c1-4-18-24-17(21(29)23-16-8-6-15(22)7-9-16)12-19(25-18)27-11-10-26(13-14(27)3)20(28)5-2/h5-9,12,14H,2,4,10-11,13H2,1,3H3,(H,23,29). The van der Waals surface area contributed by atoms with Crippen LogP contribution >= 0.6 is 0 Å². The number of carbonyl (C=O) groups is 2. The van der Waals surface area contributed by atoms with Crippen LogP contribution in [0, 0.1) is 0 Å². The Balaban J connectivity index is 1.81. The van der Waals surface area contributed by atoms with Gasteiger partial charge in [0.1, 0.15) is 25.2 Å². The van der Waals surface area contributed by atoms with Crippen molar-refractivity contribution >= 4 is 36.6 Å². The van der Waals surface area contributed by atoms with Gasteiger partial charge in [0, 0.05) is 43.9 Å². The predicted molar refractivity (Wildman–Crippen MR) is 115 cm³/mol. The summed E-state index contributed by atoms with van der Waals surface area (Å²) in [7, 11) is 5.69. The van der Waals surface area contributed by atoms with Gasteiger partial charge >= 0.3 is 0 Å². The molecule has 29 heavy (non-hydrogen) atoms. The van der Waals surface area contributed by atoms with E-state index in [-0.39, 0.29) is 17.9 Å². The maximum atomic E-state index is 12.7. The minimum absolute atomic E-state index is 0.0558. The van der Waals surface area contributed by atoms with Gasteiger partial charge in [-0.2, -0.15) is 0 Å². The van der Waals surface area contributed by atoms with E-state index in [9.17, 15) is 9.59 Å². The average Bonchev–Trinajstić information content (AvgIpc) is 2.74. The molecule has 2 aromatic rings. The molecule has 1 N–H and O–H groups in total. The highest BCUT2D eigenvalue weighted by molar-refractivity contribution is 6.32. The van der Waals surface area contributed by atoms with Crippen molar-refractivity contribution in [1.82, 2.24) is 14.9 Å². The van der Waals surface area contributed by atoms with Crippen molar-refractivity contribution in [2.24, 2.45) is 0 Å². The molecule has 1 saturated heterocycles. The average molecular weight is 389 g/mol. The number of benzene rings is 1. The van der Waals surface area contributed by atoms with E-state index in [2.05, 4.69) is 26.8 Å². The molecule has 0 bridgehead atoms. The quantitative estimate of drug-likeness (QED) is 0.616. The number of hydrogen-bond acceptors (Lipinski definition) is 5. The third-order valence-electron chi connectivity index (χ3n) is 4.88. The minimum Gasteiger partial charge on any atom is -0.350 e. The molecule has 1 fully saturated rings. The first-order chi connectivity index (χ1) is 13.9. The molecule has 1 aliphatic heterocycles. The third kappa shape index (κ3) is 4.82. The molecule has 1 aromatic heterocycles. The normalized spacial score (nSPS) is 16.4. The zero-order valence-corrected chi connectivity index (χ0v) is 16.8. The molecule has 3 rings (SSSR count). The third-order valence-corrected chi connectivity index (χ3v) is 4.88. The van der Waals surface area contributed by atoms with E-state index >= 15 is 0 Å². The second kappa shape index (κ2) is 8.90. The molecule has 0 saturated carbocycles. The molecule has 0 aliphatic carbocycles. The fourth-order valence-electron chi connectivity index (χ4n) is 3.29. The van der Waals surface area contributed by atoms with E-state index in [1.165, 1.54) is 6.08 Å². The number of carbonyl (C=O) groups excluding carboxylic acids is 2. The van der Waals surface area contributed by atoms with Crippen LogP contribution in [0.2, 0.25) is 0 Å². The van der Waals surface area contributed by atoms with Crippen molar-refractivity contribution in [2.75, 3.05) is 29.9 Å². The monoisotopic (exact) mass is 389 g/mol. The van der Waals surface area contributed by atoms with Crippen LogP contribution in [0.3, 0.4) is 0 Å². The molecule has 148 valence electrons. The smallest absolute Gasteiger partial charge is 0.274 e. The summed E-state index contributed by atoms with van der Waals surface area (Å²) in [6.45, 7) is 9.31. The molecule has 1 unspecified atom stereocenters. The van der Waals surface area contributed by atoms with E-state index in [1.54, 1.807) is 35.2 Å². The van der Waals surface area contributed by atoms with E-state index in [0.717, 1.165) is 0 Å². The molecule has 1 aromatic carbocycles. The summed E-state index contributed by atoms with van der Waals surface area (Å²) in [5.74, 6) is 0.914. The lowest BCUT2D eigenvalue weighted by Crippen LogP contribution is -2.53. The summed E-state index contributed by atoms with van der Waals surface area (Å²) in [5, 5.41) is 2.84. The van der Waals surface area contributed by atoms with Gasteiger partial charge in [-0.15, -0.1) is 0 Å².